The van der Waals surface area contributed by atoms with Gasteiger partial charge in [0.1, 0.15) is 0 Å². The molecule has 2 aromatic rings. The van der Waals surface area contributed by atoms with E-state index in [-0.39, 0.29) is 5.91 Å². The molecule has 0 radical (unpaired) electrons. The van der Waals surface area contributed by atoms with Gasteiger partial charge in [0.05, 0.1) is 17.4 Å². The van der Waals surface area contributed by atoms with Gasteiger partial charge in [0.15, 0.2) is 5.16 Å². The molecule has 0 saturated carbocycles. The number of carbonyl (C=O) groups excluding carboxylic acids is 1. The molecular weight excluding hydrogens is 370 g/mol. The number of rotatable bonds is 5. The first-order chi connectivity index (χ1) is 13.5. The Hall–Kier alpha value is -2.43. The average molecular weight is 396 g/mol. The summed E-state index contributed by atoms with van der Waals surface area (Å²) in [6.07, 6.45) is 0.965. The van der Waals surface area contributed by atoms with Crippen LogP contribution in [0.5, 0.6) is 0 Å². The van der Waals surface area contributed by atoms with E-state index >= 15 is 0 Å². The van der Waals surface area contributed by atoms with Crippen LogP contribution in [0.1, 0.15) is 28.9 Å². The summed E-state index contributed by atoms with van der Waals surface area (Å²) in [4.78, 5) is 25.7. The van der Waals surface area contributed by atoms with Crippen molar-refractivity contribution in [3.8, 4) is 6.07 Å². The lowest BCUT2D eigenvalue weighted by Gasteiger charge is -2.22. The van der Waals surface area contributed by atoms with Gasteiger partial charge in [0, 0.05) is 44.1 Å². The number of nitriles is 1. The van der Waals surface area contributed by atoms with Gasteiger partial charge in [-0.3, -0.25) is 9.69 Å². The third-order valence-corrected chi connectivity index (χ3v) is 5.55. The Morgan fingerprint density at radius 3 is 2.50 bits per heavy atom. The van der Waals surface area contributed by atoms with E-state index in [0.29, 0.717) is 16.5 Å². The van der Waals surface area contributed by atoms with Gasteiger partial charge in [0.2, 0.25) is 5.91 Å². The van der Waals surface area contributed by atoms with Crippen LogP contribution in [0.4, 0.5) is 0 Å². The number of hydrogen-bond acceptors (Lipinski definition) is 6. The maximum absolute atomic E-state index is 12.6. The second kappa shape index (κ2) is 9.67. The molecule has 0 bridgehead atoms. The zero-order valence-electron chi connectivity index (χ0n) is 16.4. The first kappa shape index (κ1) is 20.3. The molecule has 1 aliphatic heterocycles. The zero-order chi connectivity index (χ0) is 19.9. The molecule has 0 spiro atoms. The number of carbonyl (C=O) groups is 1. The Bertz CT molecular complexity index is 842. The maximum Gasteiger partial charge on any atom is 0.233 e. The SMILES string of the molecule is Cc1cc(C)nc(SCC(=O)N2CCCN(Cc3ccc(C#N)cc3)CC2)n1. The fourth-order valence-corrected chi connectivity index (χ4v) is 4.15. The molecule has 0 atom stereocenters. The topological polar surface area (TPSA) is 73.1 Å². The Labute approximate surface area is 170 Å². The lowest BCUT2D eigenvalue weighted by molar-refractivity contribution is -0.128. The second-order valence-electron chi connectivity index (χ2n) is 7.04. The fourth-order valence-electron chi connectivity index (χ4n) is 3.30. The fraction of sp³-hybridized carbons (Fsp3) is 0.429. The lowest BCUT2D eigenvalue weighted by atomic mass is 10.1. The van der Waals surface area contributed by atoms with Crippen LogP contribution < -0.4 is 0 Å². The molecule has 28 heavy (non-hydrogen) atoms. The predicted molar refractivity (Wildman–Crippen MR) is 110 cm³/mol. The molecule has 0 unspecified atom stereocenters. The highest BCUT2D eigenvalue weighted by molar-refractivity contribution is 7.99. The lowest BCUT2D eigenvalue weighted by Crippen LogP contribution is -2.36. The molecule has 6 nitrogen and oxygen atoms in total. The van der Waals surface area contributed by atoms with E-state index in [1.165, 1.54) is 17.3 Å². The summed E-state index contributed by atoms with van der Waals surface area (Å²) in [5.41, 5.74) is 3.73. The molecular formula is C21H25N5OS. The number of aromatic nitrogens is 2. The van der Waals surface area contributed by atoms with Crippen molar-refractivity contribution >= 4 is 17.7 Å². The van der Waals surface area contributed by atoms with Gasteiger partial charge >= 0.3 is 0 Å². The molecule has 3 rings (SSSR count). The number of hydrogen-bond donors (Lipinski definition) is 0. The van der Waals surface area contributed by atoms with Crippen molar-refractivity contribution in [3.05, 3.63) is 52.8 Å². The highest BCUT2D eigenvalue weighted by atomic mass is 32.2. The molecule has 7 heteroatoms. The van der Waals surface area contributed by atoms with Gasteiger partial charge in [-0.25, -0.2) is 9.97 Å². The molecule has 1 aromatic carbocycles. The van der Waals surface area contributed by atoms with Crippen LogP contribution in [0.2, 0.25) is 0 Å². The van der Waals surface area contributed by atoms with E-state index < -0.39 is 0 Å². The first-order valence-corrected chi connectivity index (χ1v) is 10.5. The molecule has 1 fully saturated rings. The molecule has 1 amide bonds. The van der Waals surface area contributed by atoms with E-state index in [1.807, 2.05) is 49.1 Å². The van der Waals surface area contributed by atoms with Gasteiger partial charge in [-0.05, 0) is 44.0 Å². The van der Waals surface area contributed by atoms with Crippen LogP contribution in [0.3, 0.4) is 0 Å². The minimum atomic E-state index is 0.146. The van der Waals surface area contributed by atoms with E-state index in [0.717, 1.165) is 50.5 Å². The number of benzene rings is 1. The van der Waals surface area contributed by atoms with E-state index in [4.69, 9.17) is 5.26 Å². The monoisotopic (exact) mass is 395 g/mol. The van der Waals surface area contributed by atoms with E-state index in [1.54, 1.807) is 0 Å². The van der Waals surface area contributed by atoms with Crippen molar-refractivity contribution in [2.75, 3.05) is 31.9 Å². The van der Waals surface area contributed by atoms with Gasteiger partial charge in [-0.2, -0.15) is 5.26 Å². The van der Waals surface area contributed by atoms with Crippen molar-refractivity contribution in [2.24, 2.45) is 0 Å². The van der Waals surface area contributed by atoms with Crippen molar-refractivity contribution in [1.29, 1.82) is 5.26 Å². The average Bonchev–Trinajstić information content (AvgIpc) is 2.92. The van der Waals surface area contributed by atoms with Crippen LogP contribution in [0.25, 0.3) is 0 Å². The van der Waals surface area contributed by atoms with Crippen LogP contribution in [0, 0.1) is 25.2 Å². The summed E-state index contributed by atoms with van der Waals surface area (Å²) in [6, 6.07) is 11.8. The molecule has 0 N–H and O–H groups in total. The largest absolute Gasteiger partial charge is 0.341 e. The highest BCUT2D eigenvalue weighted by Gasteiger charge is 2.19. The van der Waals surface area contributed by atoms with Crippen molar-refractivity contribution < 1.29 is 4.79 Å². The van der Waals surface area contributed by atoms with Crippen LogP contribution in [-0.2, 0) is 11.3 Å². The van der Waals surface area contributed by atoms with Gasteiger partial charge in [-0.15, -0.1) is 0 Å². The molecule has 1 aliphatic rings. The minimum Gasteiger partial charge on any atom is -0.341 e. The van der Waals surface area contributed by atoms with Crippen molar-refractivity contribution in [2.45, 2.75) is 32.0 Å². The number of aryl methyl sites for hydroxylation is 2. The molecule has 2 heterocycles. The Kier molecular flexibility index (Phi) is 7.01. The Balaban J connectivity index is 1.49. The third-order valence-electron chi connectivity index (χ3n) is 4.72. The Morgan fingerprint density at radius 1 is 1.11 bits per heavy atom. The number of nitrogens with zero attached hydrogens (tertiary/aromatic N) is 5. The van der Waals surface area contributed by atoms with Gasteiger partial charge < -0.3 is 4.90 Å². The van der Waals surface area contributed by atoms with E-state index in [2.05, 4.69) is 20.9 Å². The van der Waals surface area contributed by atoms with Crippen LogP contribution in [-0.4, -0.2) is 57.6 Å². The van der Waals surface area contributed by atoms with E-state index in [9.17, 15) is 4.79 Å². The Morgan fingerprint density at radius 2 is 1.82 bits per heavy atom. The second-order valence-corrected chi connectivity index (χ2v) is 7.98. The summed E-state index contributed by atoms with van der Waals surface area (Å²) in [5.74, 6) is 0.520. The van der Waals surface area contributed by atoms with Crippen LogP contribution in [0.15, 0.2) is 35.5 Å². The predicted octanol–water partition coefficient (Wildman–Crippen LogP) is 2.79. The quantitative estimate of drug-likeness (QED) is 0.573. The summed E-state index contributed by atoms with van der Waals surface area (Å²) >= 11 is 1.41. The van der Waals surface area contributed by atoms with Gasteiger partial charge in [0.25, 0.3) is 0 Å². The van der Waals surface area contributed by atoms with Crippen LogP contribution >= 0.6 is 11.8 Å². The standard InChI is InChI=1S/C21H25N5OS/c1-16-12-17(2)24-21(23-16)28-15-20(27)26-9-3-8-25(10-11-26)14-19-6-4-18(13-22)5-7-19/h4-7,12H,3,8-11,14-15H2,1-2H3. The normalized spacial score (nSPS) is 15.1. The highest BCUT2D eigenvalue weighted by Crippen LogP contribution is 2.16. The molecule has 1 aromatic heterocycles. The maximum atomic E-state index is 12.6. The smallest absolute Gasteiger partial charge is 0.233 e. The summed E-state index contributed by atoms with van der Waals surface area (Å²) in [7, 11) is 0. The summed E-state index contributed by atoms with van der Waals surface area (Å²) in [6.45, 7) is 8.09. The number of thioether (sulfide) groups is 1. The zero-order valence-corrected chi connectivity index (χ0v) is 17.2. The summed E-state index contributed by atoms with van der Waals surface area (Å²) < 4.78 is 0. The third kappa shape index (κ3) is 5.78. The molecule has 0 aliphatic carbocycles. The number of amides is 1. The first-order valence-electron chi connectivity index (χ1n) is 9.48. The minimum absolute atomic E-state index is 0.146. The summed E-state index contributed by atoms with van der Waals surface area (Å²) in [5, 5.41) is 9.57. The van der Waals surface area contributed by atoms with Crippen molar-refractivity contribution in [3.63, 3.8) is 0 Å². The van der Waals surface area contributed by atoms with Gasteiger partial charge in [-0.1, -0.05) is 23.9 Å². The van der Waals surface area contributed by atoms with Crippen molar-refractivity contribution in [1.82, 2.24) is 19.8 Å². The molecule has 1 saturated heterocycles. The molecule has 146 valence electrons.